The van der Waals surface area contributed by atoms with Crippen molar-refractivity contribution in [1.82, 2.24) is 15.5 Å². The van der Waals surface area contributed by atoms with Gasteiger partial charge in [-0.3, -0.25) is 4.79 Å². The lowest BCUT2D eigenvalue weighted by atomic mass is 9.95. The first-order valence-corrected chi connectivity index (χ1v) is 8.46. The third-order valence-corrected chi connectivity index (χ3v) is 4.32. The SMILES string of the molecule is O=C(CCc1nc(-c2cccc(Cl)c2)no1)NC1CCCCC1. The van der Waals surface area contributed by atoms with Crippen LogP contribution in [-0.4, -0.2) is 22.1 Å². The fourth-order valence-electron chi connectivity index (χ4n) is 2.87. The van der Waals surface area contributed by atoms with Gasteiger partial charge >= 0.3 is 0 Å². The summed E-state index contributed by atoms with van der Waals surface area (Å²) in [5.74, 6) is 1.02. The number of carbonyl (C=O) groups is 1. The van der Waals surface area contributed by atoms with Gasteiger partial charge in [0.05, 0.1) is 0 Å². The summed E-state index contributed by atoms with van der Waals surface area (Å²) >= 11 is 5.96. The molecule has 1 amide bonds. The Morgan fingerprint density at radius 1 is 1.30 bits per heavy atom. The van der Waals surface area contributed by atoms with Crippen LogP contribution in [0.1, 0.15) is 44.4 Å². The van der Waals surface area contributed by atoms with Crippen LogP contribution in [0.25, 0.3) is 11.4 Å². The monoisotopic (exact) mass is 333 g/mol. The molecule has 23 heavy (non-hydrogen) atoms. The van der Waals surface area contributed by atoms with E-state index in [1.807, 2.05) is 12.1 Å². The van der Waals surface area contributed by atoms with E-state index in [4.69, 9.17) is 16.1 Å². The summed E-state index contributed by atoms with van der Waals surface area (Å²) in [6.45, 7) is 0. The molecule has 1 aromatic heterocycles. The lowest BCUT2D eigenvalue weighted by molar-refractivity contribution is -0.122. The number of halogens is 1. The van der Waals surface area contributed by atoms with Gasteiger partial charge < -0.3 is 9.84 Å². The molecule has 6 heteroatoms. The number of aryl methyl sites for hydroxylation is 1. The van der Waals surface area contributed by atoms with Crippen molar-refractivity contribution in [3.05, 3.63) is 35.2 Å². The van der Waals surface area contributed by atoms with Crippen molar-refractivity contribution < 1.29 is 9.32 Å². The first-order valence-electron chi connectivity index (χ1n) is 8.08. The van der Waals surface area contributed by atoms with Crippen LogP contribution in [0.5, 0.6) is 0 Å². The maximum Gasteiger partial charge on any atom is 0.227 e. The van der Waals surface area contributed by atoms with Crippen LogP contribution < -0.4 is 5.32 Å². The van der Waals surface area contributed by atoms with Crippen molar-refractivity contribution in [3.8, 4) is 11.4 Å². The number of benzene rings is 1. The van der Waals surface area contributed by atoms with Crippen LogP contribution in [0.2, 0.25) is 5.02 Å². The van der Waals surface area contributed by atoms with Gasteiger partial charge in [-0.25, -0.2) is 0 Å². The maximum atomic E-state index is 12.0. The topological polar surface area (TPSA) is 68.0 Å². The molecule has 0 saturated heterocycles. The summed E-state index contributed by atoms with van der Waals surface area (Å²) < 4.78 is 5.22. The summed E-state index contributed by atoms with van der Waals surface area (Å²) in [5.41, 5.74) is 0.805. The first-order chi connectivity index (χ1) is 11.2. The predicted octanol–water partition coefficient (Wildman–Crippen LogP) is 3.77. The Morgan fingerprint density at radius 2 is 2.13 bits per heavy atom. The van der Waals surface area contributed by atoms with Crippen molar-refractivity contribution in [3.63, 3.8) is 0 Å². The average Bonchev–Trinajstić information content (AvgIpc) is 3.03. The smallest absolute Gasteiger partial charge is 0.227 e. The highest BCUT2D eigenvalue weighted by molar-refractivity contribution is 6.30. The molecule has 2 aromatic rings. The number of amides is 1. The fraction of sp³-hybridized carbons (Fsp3) is 0.471. The number of hydrogen-bond acceptors (Lipinski definition) is 4. The van der Waals surface area contributed by atoms with E-state index in [1.54, 1.807) is 12.1 Å². The molecular formula is C17H20ClN3O2. The third kappa shape index (κ3) is 4.55. The average molecular weight is 334 g/mol. The Morgan fingerprint density at radius 3 is 2.91 bits per heavy atom. The Bertz CT molecular complexity index is 665. The number of nitrogens with zero attached hydrogens (tertiary/aromatic N) is 2. The highest BCUT2D eigenvalue weighted by Gasteiger charge is 2.16. The molecule has 5 nitrogen and oxygen atoms in total. The molecule has 0 aliphatic heterocycles. The van der Waals surface area contributed by atoms with Crippen LogP contribution in [0.3, 0.4) is 0 Å². The van der Waals surface area contributed by atoms with Crippen molar-refractivity contribution in [2.75, 3.05) is 0 Å². The Kier molecular flexibility index (Phi) is 5.28. The molecule has 1 aliphatic rings. The molecular weight excluding hydrogens is 314 g/mol. The van der Waals surface area contributed by atoms with E-state index in [9.17, 15) is 4.79 Å². The van der Waals surface area contributed by atoms with Gasteiger partial charge in [-0.05, 0) is 25.0 Å². The zero-order chi connectivity index (χ0) is 16.1. The predicted molar refractivity (Wildman–Crippen MR) is 88.1 cm³/mol. The van der Waals surface area contributed by atoms with Crippen LogP contribution in [-0.2, 0) is 11.2 Å². The molecule has 0 radical (unpaired) electrons. The summed E-state index contributed by atoms with van der Waals surface area (Å²) in [5, 5.41) is 7.66. The Hall–Kier alpha value is -1.88. The number of hydrogen-bond donors (Lipinski definition) is 1. The normalized spacial score (nSPS) is 15.5. The van der Waals surface area contributed by atoms with Gasteiger partial charge in [-0.1, -0.05) is 48.2 Å². The number of aromatic nitrogens is 2. The quantitative estimate of drug-likeness (QED) is 0.904. The fourth-order valence-corrected chi connectivity index (χ4v) is 3.06. The molecule has 1 saturated carbocycles. The molecule has 1 heterocycles. The summed E-state index contributed by atoms with van der Waals surface area (Å²) in [6, 6.07) is 7.62. The third-order valence-electron chi connectivity index (χ3n) is 4.09. The standard InChI is InChI=1S/C17H20ClN3O2/c18-13-6-4-5-12(11-13)17-20-16(23-21-17)10-9-15(22)19-14-7-2-1-3-8-14/h4-6,11,14H,1-3,7-10H2,(H,19,22). The molecule has 1 aromatic carbocycles. The zero-order valence-corrected chi connectivity index (χ0v) is 13.7. The van der Waals surface area contributed by atoms with E-state index in [2.05, 4.69) is 15.5 Å². The van der Waals surface area contributed by atoms with Gasteiger partial charge in [-0.2, -0.15) is 4.98 Å². The Labute approximate surface area is 140 Å². The molecule has 1 N–H and O–H groups in total. The van der Waals surface area contributed by atoms with Gasteiger partial charge in [0, 0.05) is 29.5 Å². The van der Waals surface area contributed by atoms with Crippen molar-refractivity contribution in [1.29, 1.82) is 0 Å². The molecule has 122 valence electrons. The molecule has 3 rings (SSSR count). The van der Waals surface area contributed by atoms with Crippen molar-refractivity contribution in [2.24, 2.45) is 0 Å². The highest BCUT2D eigenvalue weighted by Crippen LogP contribution is 2.20. The van der Waals surface area contributed by atoms with Crippen molar-refractivity contribution in [2.45, 2.75) is 51.0 Å². The first kappa shape index (κ1) is 16.0. The van der Waals surface area contributed by atoms with Gasteiger partial charge in [-0.15, -0.1) is 0 Å². The van der Waals surface area contributed by atoms with Crippen molar-refractivity contribution >= 4 is 17.5 Å². The minimum Gasteiger partial charge on any atom is -0.353 e. The lowest BCUT2D eigenvalue weighted by Crippen LogP contribution is -2.36. The summed E-state index contributed by atoms with van der Waals surface area (Å²) in [4.78, 5) is 16.3. The molecule has 0 atom stereocenters. The molecule has 0 spiro atoms. The minimum absolute atomic E-state index is 0.0550. The second kappa shape index (κ2) is 7.59. The second-order valence-electron chi connectivity index (χ2n) is 5.92. The second-order valence-corrected chi connectivity index (χ2v) is 6.36. The number of carbonyl (C=O) groups excluding carboxylic acids is 1. The summed E-state index contributed by atoms with van der Waals surface area (Å²) in [7, 11) is 0. The zero-order valence-electron chi connectivity index (χ0n) is 12.9. The number of rotatable bonds is 5. The number of nitrogens with one attached hydrogen (secondary N) is 1. The molecule has 0 bridgehead atoms. The minimum atomic E-state index is 0.0550. The van der Waals surface area contributed by atoms with Crippen LogP contribution in [0, 0.1) is 0 Å². The van der Waals surface area contributed by atoms with E-state index < -0.39 is 0 Å². The van der Waals surface area contributed by atoms with E-state index in [-0.39, 0.29) is 5.91 Å². The molecule has 1 aliphatic carbocycles. The van der Waals surface area contributed by atoms with Gasteiger partial charge in [0.2, 0.25) is 17.6 Å². The van der Waals surface area contributed by atoms with Gasteiger partial charge in [0.15, 0.2) is 0 Å². The van der Waals surface area contributed by atoms with Crippen LogP contribution >= 0.6 is 11.6 Å². The van der Waals surface area contributed by atoms with Gasteiger partial charge in [0.25, 0.3) is 0 Å². The van der Waals surface area contributed by atoms with E-state index in [0.29, 0.717) is 35.6 Å². The highest BCUT2D eigenvalue weighted by atomic mass is 35.5. The Balaban J connectivity index is 1.52. The summed E-state index contributed by atoms with van der Waals surface area (Å²) in [6.07, 6.45) is 6.69. The van der Waals surface area contributed by atoms with E-state index in [0.717, 1.165) is 18.4 Å². The van der Waals surface area contributed by atoms with Crippen LogP contribution in [0.15, 0.2) is 28.8 Å². The van der Waals surface area contributed by atoms with Crippen LogP contribution in [0.4, 0.5) is 0 Å². The molecule has 1 fully saturated rings. The molecule has 0 unspecified atom stereocenters. The van der Waals surface area contributed by atoms with E-state index in [1.165, 1.54) is 19.3 Å². The lowest BCUT2D eigenvalue weighted by Gasteiger charge is -2.22. The van der Waals surface area contributed by atoms with Gasteiger partial charge in [0.1, 0.15) is 0 Å². The van der Waals surface area contributed by atoms with E-state index >= 15 is 0 Å². The maximum absolute atomic E-state index is 12.0. The largest absolute Gasteiger partial charge is 0.353 e.